The third kappa shape index (κ3) is 1.91. The molecule has 3 N–H and O–H groups in total. The normalized spacial score (nSPS) is 7.62. The van der Waals surface area contributed by atoms with Crippen LogP contribution in [0.15, 0.2) is 24.5 Å². The monoisotopic (exact) mass is 130 g/mol. The van der Waals surface area contributed by atoms with E-state index in [1.807, 2.05) is 0 Å². The van der Waals surface area contributed by atoms with Crippen molar-refractivity contribution in [1.29, 1.82) is 0 Å². The number of hydrogen-bond acceptors (Lipinski definition) is 2. The Morgan fingerprint density at radius 3 is 2.00 bits per heavy atom. The van der Waals surface area contributed by atoms with Gasteiger partial charge >= 0.3 is 0 Å². The zero-order valence-electron chi connectivity index (χ0n) is 4.34. The summed E-state index contributed by atoms with van der Waals surface area (Å²) in [5.74, 6) is 0. The summed E-state index contributed by atoms with van der Waals surface area (Å²) in [6.07, 6.45) is 3.31. The van der Waals surface area contributed by atoms with E-state index < -0.39 is 0 Å². The predicted molar refractivity (Wildman–Crippen MR) is 34.3 cm³/mol. The fourth-order valence-electron chi connectivity index (χ4n) is 0.334. The second kappa shape index (κ2) is 3.41. The molecule has 0 aliphatic rings. The van der Waals surface area contributed by atoms with Crippen LogP contribution in [0.5, 0.6) is 0 Å². The second-order valence-corrected chi connectivity index (χ2v) is 1.60. The van der Waals surface area contributed by atoms with Gasteiger partial charge in [0.25, 0.3) is 0 Å². The Morgan fingerprint density at radius 1 is 1.25 bits per heavy atom. The van der Waals surface area contributed by atoms with Crippen LogP contribution >= 0.6 is 11.6 Å². The topological polar surface area (TPSA) is 47.9 Å². The third-order valence-electron chi connectivity index (χ3n) is 0.640. The first-order valence-electron chi connectivity index (χ1n) is 1.95. The molecule has 0 unspecified atom stereocenters. The standard InChI is InChI=1S/C5H4ClN.H3N/c6-5-1-3-7-4-2-5;/h1-4H;1H3. The molecule has 1 heterocycles. The molecule has 3 heteroatoms. The average Bonchev–Trinajstić information content (AvgIpc) is 1.69. The molecule has 8 heavy (non-hydrogen) atoms. The van der Waals surface area contributed by atoms with Crippen LogP contribution in [0, 0.1) is 0 Å². The van der Waals surface area contributed by atoms with E-state index in [9.17, 15) is 0 Å². The van der Waals surface area contributed by atoms with Gasteiger partial charge in [-0.05, 0) is 12.1 Å². The van der Waals surface area contributed by atoms with Gasteiger partial charge in [-0.2, -0.15) is 0 Å². The van der Waals surface area contributed by atoms with Gasteiger partial charge < -0.3 is 6.15 Å². The van der Waals surface area contributed by atoms with Crippen LogP contribution in [0.2, 0.25) is 5.02 Å². The van der Waals surface area contributed by atoms with E-state index >= 15 is 0 Å². The van der Waals surface area contributed by atoms with Gasteiger partial charge in [-0.1, -0.05) is 11.6 Å². The van der Waals surface area contributed by atoms with Crippen LogP contribution in [0.4, 0.5) is 0 Å². The lowest BCUT2D eigenvalue weighted by Gasteiger charge is -1.79. The number of nitrogens with zero attached hydrogens (tertiary/aromatic N) is 1. The highest BCUT2D eigenvalue weighted by atomic mass is 35.5. The van der Waals surface area contributed by atoms with Gasteiger partial charge in [-0.15, -0.1) is 0 Å². The lowest BCUT2D eigenvalue weighted by molar-refractivity contribution is 1.33. The first kappa shape index (κ1) is 7.40. The van der Waals surface area contributed by atoms with Crippen LogP contribution in [0.25, 0.3) is 0 Å². The maximum atomic E-state index is 5.50. The van der Waals surface area contributed by atoms with Crippen molar-refractivity contribution in [2.75, 3.05) is 0 Å². The van der Waals surface area contributed by atoms with Gasteiger partial charge in [-0.25, -0.2) is 0 Å². The van der Waals surface area contributed by atoms with Gasteiger partial charge in [0.1, 0.15) is 0 Å². The van der Waals surface area contributed by atoms with Gasteiger partial charge in [-0.3, -0.25) is 4.98 Å². The highest BCUT2D eigenvalue weighted by Gasteiger charge is 1.75. The maximum absolute atomic E-state index is 5.50. The third-order valence-corrected chi connectivity index (χ3v) is 0.892. The Morgan fingerprint density at radius 2 is 1.75 bits per heavy atom. The van der Waals surface area contributed by atoms with E-state index in [1.54, 1.807) is 24.5 Å². The van der Waals surface area contributed by atoms with E-state index in [1.165, 1.54) is 0 Å². The number of halogens is 1. The minimum absolute atomic E-state index is 0. The minimum Gasteiger partial charge on any atom is -0.344 e. The predicted octanol–water partition coefficient (Wildman–Crippen LogP) is 1.90. The van der Waals surface area contributed by atoms with Crippen molar-refractivity contribution in [3.8, 4) is 0 Å². The number of pyridine rings is 1. The molecule has 44 valence electrons. The minimum atomic E-state index is 0. The Kier molecular flexibility index (Phi) is 3.15. The van der Waals surface area contributed by atoms with Crippen molar-refractivity contribution in [1.82, 2.24) is 11.1 Å². The molecule has 0 spiro atoms. The Hall–Kier alpha value is -0.600. The van der Waals surface area contributed by atoms with Crippen LogP contribution in [0.1, 0.15) is 0 Å². The molecule has 0 aliphatic heterocycles. The quantitative estimate of drug-likeness (QED) is 0.583. The summed E-state index contributed by atoms with van der Waals surface area (Å²) in [6.45, 7) is 0. The summed E-state index contributed by atoms with van der Waals surface area (Å²) in [6, 6.07) is 3.48. The molecule has 0 fully saturated rings. The first-order valence-corrected chi connectivity index (χ1v) is 2.33. The molecule has 0 saturated heterocycles. The molecule has 1 rings (SSSR count). The lowest BCUT2D eigenvalue weighted by atomic mass is 10.5. The highest BCUT2D eigenvalue weighted by Crippen LogP contribution is 2.01. The molecule has 0 aliphatic carbocycles. The van der Waals surface area contributed by atoms with E-state index in [4.69, 9.17) is 11.6 Å². The number of hydrogen-bond donors (Lipinski definition) is 1. The summed E-state index contributed by atoms with van der Waals surface area (Å²) >= 11 is 5.50. The fourth-order valence-corrected chi connectivity index (χ4v) is 0.446. The van der Waals surface area contributed by atoms with Crippen molar-refractivity contribution in [2.24, 2.45) is 0 Å². The summed E-state index contributed by atoms with van der Waals surface area (Å²) in [5.41, 5.74) is 0. The molecule has 0 atom stereocenters. The molecule has 2 nitrogen and oxygen atoms in total. The molecule has 0 aromatic carbocycles. The van der Waals surface area contributed by atoms with E-state index in [2.05, 4.69) is 4.98 Å². The maximum Gasteiger partial charge on any atom is 0.0436 e. The van der Waals surface area contributed by atoms with E-state index in [-0.39, 0.29) is 6.15 Å². The van der Waals surface area contributed by atoms with E-state index in [0.717, 1.165) is 5.02 Å². The van der Waals surface area contributed by atoms with Crippen molar-refractivity contribution < 1.29 is 0 Å². The Labute approximate surface area is 53.1 Å². The van der Waals surface area contributed by atoms with Crippen LogP contribution in [0.3, 0.4) is 0 Å². The van der Waals surface area contributed by atoms with Gasteiger partial charge in [0.05, 0.1) is 0 Å². The molecule has 0 saturated carbocycles. The fraction of sp³-hybridized carbons (Fsp3) is 0. The van der Waals surface area contributed by atoms with Gasteiger partial charge in [0.15, 0.2) is 0 Å². The molecule has 0 amide bonds. The summed E-state index contributed by atoms with van der Waals surface area (Å²) in [5, 5.41) is 0.731. The smallest absolute Gasteiger partial charge is 0.0436 e. The zero-order chi connectivity index (χ0) is 5.11. The van der Waals surface area contributed by atoms with Crippen molar-refractivity contribution in [3.63, 3.8) is 0 Å². The Bertz CT molecular complexity index is 140. The summed E-state index contributed by atoms with van der Waals surface area (Å²) < 4.78 is 0. The second-order valence-electron chi connectivity index (χ2n) is 1.17. The van der Waals surface area contributed by atoms with Crippen molar-refractivity contribution in [2.45, 2.75) is 0 Å². The largest absolute Gasteiger partial charge is 0.344 e. The van der Waals surface area contributed by atoms with E-state index in [0.29, 0.717) is 0 Å². The molecular weight excluding hydrogens is 124 g/mol. The molecule has 0 bridgehead atoms. The van der Waals surface area contributed by atoms with Crippen LogP contribution < -0.4 is 6.15 Å². The highest BCUT2D eigenvalue weighted by molar-refractivity contribution is 6.30. The summed E-state index contributed by atoms with van der Waals surface area (Å²) in [7, 11) is 0. The number of aromatic nitrogens is 1. The molecule has 1 aromatic heterocycles. The average molecular weight is 131 g/mol. The van der Waals surface area contributed by atoms with Gasteiger partial charge in [0.2, 0.25) is 0 Å². The Balaban J connectivity index is 0.000000490. The zero-order valence-corrected chi connectivity index (χ0v) is 5.10. The van der Waals surface area contributed by atoms with Gasteiger partial charge in [0, 0.05) is 17.4 Å². The molecule has 0 radical (unpaired) electrons. The SMILES string of the molecule is Clc1ccncc1.N. The summed E-state index contributed by atoms with van der Waals surface area (Å²) in [4.78, 5) is 3.76. The number of rotatable bonds is 0. The molecule has 1 aromatic rings. The van der Waals surface area contributed by atoms with Crippen molar-refractivity contribution in [3.05, 3.63) is 29.5 Å². The van der Waals surface area contributed by atoms with Crippen LogP contribution in [-0.2, 0) is 0 Å². The lowest BCUT2D eigenvalue weighted by Crippen LogP contribution is -1.63. The van der Waals surface area contributed by atoms with Crippen LogP contribution in [-0.4, -0.2) is 4.98 Å². The van der Waals surface area contributed by atoms with Crippen molar-refractivity contribution >= 4 is 11.6 Å². The molecular formula is C5H7ClN2. The first-order chi connectivity index (χ1) is 3.39.